The summed E-state index contributed by atoms with van der Waals surface area (Å²) in [5.74, 6) is -3.39. The second-order valence-electron chi connectivity index (χ2n) is 7.78. The average Bonchev–Trinajstić information content (AvgIpc) is 2.83. The predicted molar refractivity (Wildman–Crippen MR) is 124 cm³/mol. The van der Waals surface area contributed by atoms with Crippen molar-refractivity contribution in [3.63, 3.8) is 0 Å². The molecule has 2 aromatic rings. The Bertz CT molecular complexity index is 1220. The number of esters is 1. The lowest BCUT2D eigenvalue weighted by Gasteiger charge is -2.29. The summed E-state index contributed by atoms with van der Waals surface area (Å²) in [6, 6.07) is 8.78. The van der Waals surface area contributed by atoms with Crippen LogP contribution < -0.4 is 10.6 Å². The number of amides is 1. The fourth-order valence-electron chi connectivity index (χ4n) is 3.82. The summed E-state index contributed by atoms with van der Waals surface area (Å²) in [6.07, 6.45) is 3.31. The minimum atomic E-state index is -1.26. The van der Waals surface area contributed by atoms with E-state index in [1.165, 1.54) is 30.5 Å². The molecule has 0 radical (unpaired) electrons. The zero-order valence-electron chi connectivity index (χ0n) is 19.1. The molecule has 1 aromatic heterocycles. The van der Waals surface area contributed by atoms with Gasteiger partial charge in [0.1, 0.15) is 0 Å². The number of benzene rings is 1. The standard InChI is InChI=1S/C24H24N4O7/c1-14-19(23(30)31)21(16-6-3-8-18(12-16)28(33)34)20(15(2)27-14)24(32)35-11-5-10-26-22(29)17-7-4-9-25-13-17/h3-4,6-9,12-13,21,27H,5,10-11H2,1-2H3,(H,26,29)(H,30,31). The molecule has 0 saturated carbocycles. The Morgan fingerprint density at radius 1 is 1.17 bits per heavy atom. The summed E-state index contributed by atoms with van der Waals surface area (Å²) in [6.45, 7) is 3.38. The molecule has 1 atom stereocenters. The van der Waals surface area contributed by atoms with E-state index in [9.17, 15) is 29.6 Å². The van der Waals surface area contributed by atoms with Crippen molar-refractivity contribution in [3.8, 4) is 0 Å². The number of dihydropyridines is 1. The quantitative estimate of drug-likeness (QED) is 0.212. The molecule has 0 spiro atoms. The van der Waals surface area contributed by atoms with Crippen molar-refractivity contribution in [1.29, 1.82) is 0 Å². The van der Waals surface area contributed by atoms with Gasteiger partial charge >= 0.3 is 11.9 Å². The number of pyridine rings is 1. The zero-order valence-corrected chi connectivity index (χ0v) is 19.1. The first kappa shape index (κ1) is 25.1. The molecule has 0 bridgehead atoms. The van der Waals surface area contributed by atoms with Gasteiger partial charge < -0.3 is 20.5 Å². The van der Waals surface area contributed by atoms with Gasteiger partial charge in [0, 0.05) is 42.5 Å². The second kappa shape index (κ2) is 11.1. The number of nitro benzene ring substituents is 1. The molecule has 3 rings (SSSR count). The van der Waals surface area contributed by atoms with Gasteiger partial charge in [0.2, 0.25) is 0 Å². The number of carboxylic acids is 1. The van der Waals surface area contributed by atoms with Crippen LogP contribution in [-0.2, 0) is 14.3 Å². The summed E-state index contributed by atoms with van der Waals surface area (Å²) in [4.78, 5) is 51.7. The van der Waals surface area contributed by atoms with Crippen LogP contribution in [0.4, 0.5) is 5.69 Å². The first-order valence-electron chi connectivity index (χ1n) is 10.7. The number of carboxylic acid groups (broad SMARTS) is 1. The summed E-state index contributed by atoms with van der Waals surface area (Å²) in [5.41, 5.74) is 1.12. The molecular weight excluding hydrogens is 456 g/mol. The predicted octanol–water partition coefficient (Wildman–Crippen LogP) is 2.67. The van der Waals surface area contributed by atoms with Crippen molar-refractivity contribution in [3.05, 3.63) is 92.6 Å². The van der Waals surface area contributed by atoms with Crippen molar-refractivity contribution < 1.29 is 29.2 Å². The molecular formula is C24H24N4O7. The van der Waals surface area contributed by atoms with Gasteiger partial charge in [-0.25, -0.2) is 9.59 Å². The normalized spacial score (nSPS) is 15.3. The van der Waals surface area contributed by atoms with Crippen LogP contribution in [0.2, 0.25) is 0 Å². The van der Waals surface area contributed by atoms with E-state index < -0.39 is 22.8 Å². The van der Waals surface area contributed by atoms with Crippen LogP contribution in [0.25, 0.3) is 0 Å². The molecule has 0 aliphatic carbocycles. The monoisotopic (exact) mass is 480 g/mol. The van der Waals surface area contributed by atoms with E-state index in [1.54, 1.807) is 32.2 Å². The molecule has 1 unspecified atom stereocenters. The van der Waals surface area contributed by atoms with Crippen LogP contribution in [-0.4, -0.2) is 46.0 Å². The van der Waals surface area contributed by atoms with Gasteiger partial charge in [-0.15, -0.1) is 0 Å². The molecule has 11 nitrogen and oxygen atoms in total. The summed E-state index contributed by atoms with van der Waals surface area (Å²) in [5, 5.41) is 26.7. The van der Waals surface area contributed by atoms with E-state index in [-0.39, 0.29) is 41.5 Å². The van der Waals surface area contributed by atoms with E-state index >= 15 is 0 Å². The number of nitro groups is 1. The molecule has 1 aliphatic heterocycles. The van der Waals surface area contributed by atoms with E-state index in [0.29, 0.717) is 23.4 Å². The van der Waals surface area contributed by atoms with E-state index in [4.69, 9.17) is 4.74 Å². The molecule has 0 saturated heterocycles. The van der Waals surface area contributed by atoms with Gasteiger partial charge in [0.15, 0.2) is 0 Å². The number of nitrogens with one attached hydrogen (secondary N) is 2. The number of aromatic nitrogens is 1. The van der Waals surface area contributed by atoms with E-state index in [2.05, 4.69) is 15.6 Å². The molecule has 1 amide bonds. The number of aliphatic carboxylic acids is 1. The van der Waals surface area contributed by atoms with Crippen molar-refractivity contribution in [2.75, 3.05) is 13.2 Å². The Kier molecular flexibility index (Phi) is 7.92. The molecule has 2 heterocycles. The van der Waals surface area contributed by atoms with Gasteiger partial charge in [-0.3, -0.25) is 19.9 Å². The molecule has 0 fully saturated rings. The van der Waals surface area contributed by atoms with Crippen molar-refractivity contribution in [2.24, 2.45) is 0 Å². The van der Waals surface area contributed by atoms with Crippen molar-refractivity contribution >= 4 is 23.5 Å². The smallest absolute Gasteiger partial charge is 0.336 e. The fraction of sp³-hybridized carbons (Fsp3) is 0.250. The highest BCUT2D eigenvalue weighted by atomic mass is 16.6. The SMILES string of the molecule is CC1=C(C(=O)O)C(c2cccc([N+](=O)[O-])c2)C(C(=O)OCCCNC(=O)c2cccnc2)=C(C)N1. The highest BCUT2D eigenvalue weighted by Crippen LogP contribution is 2.39. The van der Waals surface area contributed by atoms with Gasteiger partial charge in [0.05, 0.1) is 34.2 Å². The third-order valence-electron chi connectivity index (χ3n) is 5.39. The zero-order chi connectivity index (χ0) is 25.5. The largest absolute Gasteiger partial charge is 0.478 e. The van der Waals surface area contributed by atoms with Gasteiger partial charge in [-0.05, 0) is 38.0 Å². The molecule has 35 heavy (non-hydrogen) atoms. The number of rotatable bonds is 9. The van der Waals surface area contributed by atoms with Crippen molar-refractivity contribution in [1.82, 2.24) is 15.6 Å². The number of non-ortho nitro benzene ring substituents is 1. The second-order valence-corrected chi connectivity index (χ2v) is 7.78. The Balaban J connectivity index is 1.74. The molecule has 3 N–H and O–H groups in total. The highest BCUT2D eigenvalue weighted by molar-refractivity contribution is 5.99. The van der Waals surface area contributed by atoms with Gasteiger partial charge in [-0.1, -0.05) is 12.1 Å². The average molecular weight is 480 g/mol. The minimum absolute atomic E-state index is 0.0321. The van der Waals surface area contributed by atoms with Crippen LogP contribution in [0.15, 0.2) is 71.3 Å². The number of allylic oxidation sites excluding steroid dienone is 2. The first-order chi connectivity index (χ1) is 16.7. The first-order valence-corrected chi connectivity index (χ1v) is 10.7. The maximum Gasteiger partial charge on any atom is 0.336 e. The maximum absolute atomic E-state index is 13.0. The number of hydrogen-bond acceptors (Lipinski definition) is 8. The fourth-order valence-corrected chi connectivity index (χ4v) is 3.82. The van der Waals surface area contributed by atoms with Crippen LogP contribution in [0.5, 0.6) is 0 Å². The van der Waals surface area contributed by atoms with Crippen molar-refractivity contribution in [2.45, 2.75) is 26.2 Å². The molecule has 11 heteroatoms. The molecule has 1 aliphatic rings. The number of carbonyl (C=O) groups is 3. The minimum Gasteiger partial charge on any atom is -0.478 e. The molecule has 182 valence electrons. The Labute approximate surface area is 200 Å². The van der Waals surface area contributed by atoms with Crippen LogP contribution in [0.1, 0.15) is 42.1 Å². The maximum atomic E-state index is 13.0. The lowest BCUT2D eigenvalue weighted by molar-refractivity contribution is -0.384. The summed E-state index contributed by atoms with van der Waals surface area (Å²) < 4.78 is 5.38. The van der Waals surface area contributed by atoms with E-state index in [1.807, 2.05) is 0 Å². The molecule has 1 aromatic carbocycles. The van der Waals surface area contributed by atoms with Crippen LogP contribution in [0, 0.1) is 10.1 Å². The third-order valence-corrected chi connectivity index (χ3v) is 5.39. The highest BCUT2D eigenvalue weighted by Gasteiger charge is 2.37. The number of nitrogens with zero attached hydrogens (tertiary/aromatic N) is 2. The van der Waals surface area contributed by atoms with Crippen LogP contribution in [0.3, 0.4) is 0 Å². The van der Waals surface area contributed by atoms with Gasteiger partial charge in [0.25, 0.3) is 11.6 Å². The van der Waals surface area contributed by atoms with Crippen LogP contribution >= 0.6 is 0 Å². The Morgan fingerprint density at radius 3 is 2.57 bits per heavy atom. The lowest BCUT2D eigenvalue weighted by Crippen LogP contribution is -2.32. The van der Waals surface area contributed by atoms with Gasteiger partial charge in [-0.2, -0.15) is 0 Å². The Morgan fingerprint density at radius 2 is 1.91 bits per heavy atom. The number of carbonyl (C=O) groups excluding carboxylic acids is 2. The summed E-state index contributed by atoms with van der Waals surface area (Å²) >= 11 is 0. The third kappa shape index (κ3) is 5.88. The number of hydrogen-bond donors (Lipinski definition) is 3. The topological polar surface area (TPSA) is 161 Å². The Hall–Kier alpha value is -4.54. The lowest BCUT2D eigenvalue weighted by atomic mass is 9.80. The summed E-state index contributed by atoms with van der Waals surface area (Å²) in [7, 11) is 0. The number of ether oxygens (including phenoxy) is 1. The van der Waals surface area contributed by atoms with E-state index in [0.717, 1.165) is 0 Å².